The van der Waals surface area contributed by atoms with Gasteiger partial charge in [0.2, 0.25) is 0 Å². The number of nitrogens with zero attached hydrogens (tertiary/aromatic N) is 5. The van der Waals surface area contributed by atoms with Crippen molar-refractivity contribution >= 4 is 50.6 Å². The number of nitrogens with one attached hydrogen (secondary N) is 6. The van der Waals surface area contributed by atoms with E-state index < -0.39 is 28.6 Å². The van der Waals surface area contributed by atoms with Crippen LogP contribution in [0.2, 0.25) is 0 Å². The lowest BCUT2D eigenvalue weighted by atomic mass is 9.87. The molecule has 4 aromatic rings. The number of hydrogen-bond donors (Lipinski definition) is 8. The Bertz CT molecular complexity index is 1740. The molecule has 0 radical (unpaired) electrons. The Labute approximate surface area is 279 Å². The summed E-state index contributed by atoms with van der Waals surface area (Å²) < 4.78 is 0. The summed E-state index contributed by atoms with van der Waals surface area (Å²) in [6.07, 6.45) is 0. The van der Waals surface area contributed by atoms with E-state index in [2.05, 4.69) is 37.0 Å². The van der Waals surface area contributed by atoms with Crippen LogP contribution in [0, 0.1) is 0 Å². The number of carbonyl (C=O) groups is 2. The van der Waals surface area contributed by atoms with Gasteiger partial charge in [0.05, 0.1) is 33.2 Å². The van der Waals surface area contributed by atoms with E-state index in [1.54, 1.807) is 0 Å². The lowest BCUT2D eigenvalue weighted by Crippen LogP contribution is -2.41. The molecular formula is C31H50N12O5. The topological polar surface area (TPSA) is 216 Å². The second-order valence-electron chi connectivity index (χ2n) is 12.5. The minimum Gasteiger partial charge on any atom is -0.478 e. The monoisotopic (exact) mass is 670 g/mol. The highest BCUT2D eigenvalue weighted by atomic mass is 16.4. The van der Waals surface area contributed by atoms with Gasteiger partial charge in [-0.15, -0.1) is 0 Å². The molecule has 2 bridgehead atoms. The number of amidine groups is 1. The van der Waals surface area contributed by atoms with Gasteiger partial charge in [0.25, 0.3) is 17.0 Å². The molecule has 0 saturated carbocycles. The summed E-state index contributed by atoms with van der Waals surface area (Å²) in [5.74, 6) is -2.38. The van der Waals surface area contributed by atoms with Gasteiger partial charge in [0.15, 0.2) is 5.84 Å². The molecule has 0 atom stereocenters. The number of carboxylic acids is 1. The predicted octanol–water partition coefficient (Wildman–Crippen LogP) is -1.31. The second-order valence-corrected chi connectivity index (χ2v) is 12.5. The maximum Gasteiger partial charge on any atom is 0.338 e. The van der Waals surface area contributed by atoms with Crippen LogP contribution in [0.5, 0.6) is 0 Å². The van der Waals surface area contributed by atoms with Crippen molar-refractivity contribution in [3.63, 3.8) is 0 Å². The Hall–Kier alpha value is -4.55. The van der Waals surface area contributed by atoms with Gasteiger partial charge < -0.3 is 46.5 Å². The van der Waals surface area contributed by atoms with Crippen molar-refractivity contribution in [1.29, 1.82) is 0 Å². The van der Waals surface area contributed by atoms with E-state index >= 15 is 0 Å². The fraction of sp³-hybridized carbons (Fsp3) is 0.516. The smallest absolute Gasteiger partial charge is 0.338 e. The van der Waals surface area contributed by atoms with E-state index in [0.717, 1.165) is 0 Å². The number of anilines is 2. The Balaban J connectivity index is 2.54. The Morgan fingerprint density at radius 3 is 1.90 bits per heavy atom. The molecule has 48 heavy (non-hydrogen) atoms. The molecule has 17 heteroatoms. The lowest BCUT2D eigenvalue weighted by molar-refractivity contribution is 0.0692. The highest BCUT2D eigenvalue weighted by molar-refractivity contribution is 6.32. The lowest BCUT2D eigenvalue weighted by Gasteiger charge is -2.23. The SMILES string of the molecule is CN(C)CCNN=C(N)c1c(NCCN(C)C)c(C(=O)O)c(C(=O)NNCCN(C)C)c2c3c(NCCN(C)C)cc(c(=O)[nH]c3=O)c12. The summed E-state index contributed by atoms with van der Waals surface area (Å²) in [7, 11) is 15.0. The Morgan fingerprint density at radius 1 is 0.750 bits per heavy atom. The van der Waals surface area contributed by atoms with Gasteiger partial charge in [-0.1, -0.05) is 0 Å². The molecule has 0 aliphatic carbocycles. The van der Waals surface area contributed by atoms with Gasteiger partial charge in [-0.25, -0.2) is 10.2 Å². The van der Waals surface area contributed by atoms with Gasteiger partial charge in [0, 0.05) is 68.8 Å². The van der Waals surface area contributed by atoms with Gasteiger partial charge in [-0.3, -0.25) is 24.8 Å². The number of hydrazine groups is 1. The van der Waals surface area contributed by atoms with Crippen molar-refractivity contribution in [2.24, 2.45) is 10.8 Å². The average molecular weight is 671 g/mol. The fourth-order valence-electron chi connectivity index (χ4n) is 5.13. The number of amides is 1. The normalized spacial score (nSPS) is 12.2. The van der Waals surface area contributed by atoms with Crippen LogP contribution >= 0.6 is 0 Å². The summed E-state index contributed by atoms with van der Waals surface area (Å²) in [4.78, 5) is 64.8. The number of hydrazone groups is 1. The molecule has 9 N–H and O–H groups in total. The highest BCUT2D eigenvalue weighted by Crippen LogP contribution is 2.40. The minimum absolute atomic E-state index is 0.00591. The van der Waals surface area contributed by atoms with Gasteiger partial charge in [0.1, 0.15) is 0 Å². The highest BCUT2D eigenvalue weighted by Gasteiger charge is 2.33. The van der Waals surface area contributed by atoms with Crippen LogP contribution in [-0.2, 0) is 0 Å². The summed E-state index contributed by atoms with van der Waals surface area (Å²) in [6, 6.07) is 1.53. The molecular weight excluding hydrogens is 620 g/mol. The van der Waals surface area contributed by atoms with Crippen LogP contribution in [0.1, 0.15) is 26.3 Å². The largest absolute Gasteiger partial charge is 0.478 e. The number of aromatic amines is 1. The first-order chi connectivity index (χ1) is 22.6. The minimum atomic E-state index is -1.44. The van der Waals surface area contributed by atoms with Crippen LogP contribution in [0.4, 0.5) is 11.4 Å². The van der Waals surface area contributed by atoms with E-state index in [4.69, 9.17) is 5.73 Å². The van der Waals surface area contributed by atoms with Crippen molar-refractivity contribution < 1.29 is 14.7 Å². The summed E-state index contributed by atoms with van der Waals surface area (Å²) in [5.41, 5.74) is 13.1. The number of hydrogen-bond acceptors (Lipinski definition) is 13. The number of nitrogens with two attached hydrogens (primary N) is 1. The number of likely N-dealkylation sites (N-methyl/N-ethyl adjacent to an activating group) is 4. The van der Waals surface area contributed by atoms with Crippen LogP contribution in [0.3, 0.4) is 0 Å². The number of carboxylic acid groups (broad SMARTS) is 1. The van der Waals surface area contributed by atoms with Crippen LogP contribution < -0.4 is 43.8 Å². The quantitative estimate of drug-likeness (QED) is 0.0322. The molecule has 0 aliphatic heterocycles. The summed E-state index contributed by atoms with van der Waals surface area (Å²) in [6.45, 7) is 3.69. The molecule has 17 nitrogen and oxygen atoms in total. The third-order valence-corrected chi connectivity index (χ3v) is 7.46. The zero-order valence-electron chi connectivity index (χ0n) is 29.1. The predicted molar refractivity (Wildman–Crippen MR) is 192 cm³/mol. The molecule has 1 amide bonds. The molecule has 2 heterocycles. The van der Waals surface area contributed by atoms with Crippen LogP contribution in [-0.4, -0.2) is 156 Å². The standard InChI is InChI=1S/C31H50N12O5/c1-40(2)13-9-33-19-17-18-20-22(21(19)29(45)37-28(18)44)23(30(46)39-36-12-16-43(7)8)25(31(47)48)26(34-10-14-41(3)4)24(20)27(32)38-35-11-15-42(5)6/h17,33-36H,9-16H2,1-8H3,(H2,32,38)(H,39,46)(H,47,48)(H,37,44,45). The molecule has 2 aromatic heterocycles. The molecule has 264 valence electrons. The summed E-state index contributed by atoms with van der Waals surface area (Å²) in [5, 5.41) is 21.6. The molecule has 2 aromatic carbocycles. The van der Waals surface area contributed by atoms with E-state index in [1.165, 1.54) is 6.07 Å². The van der Waals surface area contributed by atoms with Crippen molar-refractivity contribution in [2.75, 3.05) is 119 Å². The number of aromatic nitrogens is 1. The maximum atomic E-state index is 14.1. The number of fused-ring (bicyclic) bond motifs is 3. The van der Waals surface area contributed by atoms with Crippen molar-refractivity contribution in [3.05, 3.63) is 43.5 Å². The maximum absolute atomic E-state index is 14.1. The van der Waals surface area contributed by atoms with Gasteiger partial charge in [-0.2, -0.15) is 5.10 Å². The van der Waals surface area contributed by atoms with Crippen molar-refractivity contribution in [3.8, 4) is 0 Å². The fourth-order valence-corrected chi connectivity index (χ4v) is 5.13. The molecule has 0 saturated heterocycles. The zero-order valence-corrected chi connectivity index (χ0v) is 29.1. The Kier molecular flexibility index (Phi) is 13.4. The van der Waals surface area contributed by atoms with E-state index in [9.17, 15) is 24.3 Å². The first kappa shape index (κ1) is 37.9. The van der Waals surface area contributed by atoms with Crippen LogP contribution in [0.25, 0.3) is 21.5 Å². The van der Waals surface area contributed by atoms with Gasteiger partial charge >= 0.3 is 5.97 Å². The molecule has 0 spiro atoms. The molecule has 0 unspecified atom stereocenters. The second kappa shape index (κ2) is 17.0. The number of H-pyrrole nitrogens is 1. The number of aromatic carboxylic acids is 1. The van der Waals surface area contributed by atoms with E-state index in [-0.39, 0.29) is 56.4 Å². The molecule has 4 rings (SSSR count). The van der Waals surface area contributed by atoms with E-state index in [0.29, 0.717) is 45.8 Å². The van der Waals surface area contributed by atoms with Gasteiger partial charge in [-0.05, 0) is 62.4 Å². The first-order valence-electron chi connectivity index (χ1n) is 15.6. The Morgan fingerprint density at radius 2 is 1.31 bits per heavy atom. The average Bonchev–Trinajstić information content (AvgIpc) is 3.17. The third kappa shape index (κ3) is 9.29. The number of benzene rings is 2. The number of carbonyl (C=O) groups excluding carboxylic acids is 1. The molecule has 0 fully saturated rings. The van der Waals surface area contributed by atoms with Crippen molar-refractivity contribution in [1.82, 2.24) is 40.9 Å². The molecule has 0 aliphatic rings. The third-order valence-electron chi connectivity index (χ3n) is 7.46. The van der Waals surface area contributed by atoms with Crippen molar-refractivity contribution in [2.45, 2.75) is 0 Å². The summed E-state index contributed by atoms with van der Waals surface area (Å²) >= 11 is 0. The number of rotatable bonds is 19. The van der Waals surface area contributed by atoms with E-state index in [1.807, 2.05) is 76.0 Å². The first-order valence-corrected chi connectivity index (χ1v) is 15.6. The zero-order chi connectivity index (χ0) is 35.7. The van der Waals surface area contributed by atoms with Crippen LogP contribution in [0.15, 0.2) is 20.8 Å².